The van der Waals surface area contributed by atoms with Crippen LogP contribution < -0.4 is 10.6 Å². The molecule has 0 unspecified atom stereocenters. The second kappa shape index (κ2) is 12.8. The molecule has 0 saturated heterocycles. The van der Waals surface area contributed by atoms with E-state index in [0.717, 1.165) is 0 Å². The van der Waals surface area contributed by atoms with Crippen LogP contribution in [-0.2, 0) is 36.8 Å². The van der Waals surface area contributed by atoms with E-state index >= 15 is 0 Å². The molecule has 2 heterocycles. The van der Waals surface area contributed by atoms with Gasteiger partial charge in [0.25, 0.3) is 5.91 Å². The molecule has 3 aromatic rings. The Morgan fingerprint density at radius 1 is 1.00 bits per heavy atom. The molecule has 0 spiro atoms. The molecule has 196 valence electrons. The number of ether oxygens (including phenoxy) is 2. The molecule has 0 aliphatic rings. The lowest BCUT2D eigenvalue weighted by Crippen LogP contribution is -2.46. The van der Waals surface area contributed by atoms with Crippen LogP contribution in [0.3, 0.4) is 0 Å². The number of amides is 2. The lowest BCUT2D eigenvalue weighted by molar-refractivity contribution is -0.146. The number of nitrogens with zero attached hydrogens (tertiary/aromatic N) is 3. The van der Waals surface area contributed by atoms with Crippen molar-refractivity contribution in [2.75, 3.05) is 14.2 Å². The number of rotatable bonds is 11. The highest BCUT2D eigenvalue weighted by atomic mass is 32.1. The van der Waals surface area contributed by atoms with E-state index in [1.54, 1.807) is 43.5 Å². The maximum absolute atomic E-state index is 12.7. The minimum atomic E-state index is -0.944. The topological polar surface area (TPSA) is 142 Å². The number of hydrogen-bond donors (Lipinski definition) is 2. The Morgan fingerprint density at radius 2 is 1.73 bits per heavy atom. The zero-order chi connectivity index (χ0) is 26.9. The minimum absolute atomic E-state index is 0.134. The fourth-order valence-corrected chi connectivity index (χ4v) is 4.33. The van der Waals surface area contributed by atoms with Crippen molar-refractivity contribution in [1.82, 2.24) is 25.6 Å². The minimum Gasteiger partial charge on any atom is -0.467 e. The SMILES string of the molecule is COC(=O)[C@H](Cc1ccccc1-c1cnnn1CC(=O)N[C@H](C(=O)OC)C(C)C)NC(=O)c1cccs1. The first-order chi connectivity index (χ1) is 17.7. The largest absolute Gasteiger partial charge is 0.467 e. The van der Waals surface area contributed by atoms with Crippen molar-refractivity contribution in [2.45, 2.75) is 38.9 Å². The summed E-state index contributed by atoms with van der Waals surface area (Å²) in [6, 6.07) is 8.90. The van der Waals surface area contributed by atoms with Gasteiger partial charge in [0.05, 0.1) is 31.0 Å². The van der Waals surface area contributed by atoms with Gasteiger partial charge in [-0.2, -0.15) is 0 Å². The fourth-order valence-electron chi connectivity index (χ4n) is 3.70. The van der Waals surface area contributed by atoms with E-state index < -0.39 is 29.9 Å². The van der Waals surface area contributed by atoms with Crippen molar-refractivity contribution < 1.29 is 28.7 Å². The molecule has 2 atom stereocenters. The number of aromatic nitrogens is 3. The van der Waals surface area contributed by atoms with E-state index in [9.17, 15) is 19.2 Å². The van der Waals surface area contributed by atoms with Crippen LogP contribution in [0.5, 0.6) is 0 Å². The van der Waals surface area contributed by atoms with E-state index in [1.165, 1.54) is 36.4 Å². The van der Waals surface area contributed by atoms with E-state index in [1.807, 2.05) is 12.1 Å². The van der Waals surface area contributed by atoms with Gasteiger partial charge in [0.1, 0.15) is 18.6 Å². The zero-order valence-corrected chi connectivity index (χ0v) is 21.8. The van der Waals surface area contributed by atoms with Crippen molar-refractivity contribution in [3.8, 4) is 11.3 Å². The summed E-state index contributed by atoms with van der Waals surface area (Å²) < 4.78 is 11.1. The molecule has 11 nitrogen and oxygen atoms in total. The van der Waals surface area contributed by atoms with E-state index in [2.05, 4.69) is 20.9 Å². The lowest BCUT2D eigenvalue weighted by atomic mass is 9.98. The summed E-state index contributed by atoms with van der Waals surface area (Å²) in [6.07, 6.45) is 1.64. The number of carbonyl (C=O) groups is 4. The molecule has 2 N–H and O–H groups in total. The van der Waals surface area contributed by atoms with Crippen LogP contribution in [0.2, 0.25) is 0 Å². The average Bonchev–Trinajstić information content (AvgIpc) is 3.59. The van der Waals surface area contributed by atoms with E-state index in [4.69, 9.17) is 9.47 Å². The second-order valence-corrected chi connectivity index (χ2v) is 9.42. The molecule has 37 heavy (non-hydrogen) atoms. The Kier molecular flexibility index (Phi) is 9.50. The highest BCUT2D eigenvalue weighted by molar-refractivity contribution is 7.12. The van der Waals surface area contributed by atoms with Crippen LogP contribution in [-0.4, -0.2) is 65.1 Å². The number of esters is 2. The van der Waals surface area contributed by atoms with Crippen molar-refractivity contribution in [2.24, 2.45) is 5.92 Å². The normalized spacial score (nSPS) is 12.5. The number of benzene rings is 1. The van der Waals surface area contributed by atoms with Gasteiger partial charge >= 0.3 is 11.9 Å². The van der Waals surface area contributed by atoms with Gasteiger partial charge in [0.2, 0.25) is 5.91 Å². The van der Waals surface area contributed by atoms with Crippen molar-refractivity contribution in [3.63, 3.8) is 0 Å². The van der Waals surface area contributed by atoms with Crippen LogP contribution in [0.4, 0.5) is 0 Å². The molecule has 0 bridgehead atoms. The average molecular weight is 528 g/mol. The molecule has 1 aromatic carbocycles. The Hall–Kier alpha value is -4.06. The molecule has 12 heteroatoms. The Morgan fingerprint density at radius 3 is 2.38 bits per heavy atom. The van der Waals surface area contributed by atoms with Crippen LogP contribution >= 0.6 is 11.3 Å². The maximum atomic E-state index is 12.7. The second-order valence-electron chi connectivity index (χ2n) is 8.48. The Bertz CT molecular complexity index is 1240. The summed E-state index contributed by atoms with van der Waals surface area (Å²) in [6.45, 7) is 3.40. The number of methoxy groups -OCH3 is 2. The molecule has 0 fully saturated rings. The molecule has 0 aliphatic carbocycles. The molecule has 3 rings (SSSR count). The third-order valence-corrected chi connectivity index (χ3v) is 6.47. The smallest absolute Gasteiger partial charge is 0.328 e. The van der Waals surface area contributed by atoms with E-state index in [-0.39, 0.29) is 24.8 Å². The molecule has 2 aromatic heterocycles. The van der Waals surface area contributed by atoms with Crippen LogP contribution in [0, 0.1) is 5.92 Å². The highest BCUT2D eigenvalue weighted by Gasteiger charge is 2.27. The van der Waals surface area contributed by atoms with Gasteiger partial charge < -0.3 is 20.1 Å². The highest BCUT2D eigenvalue weighted by Crippen LogP contribution is 2.24. The number of hydrogen-bond acceptors (Lipinski definition) is 9. The molecule has 0 radical (unpaired) electrons. The van der Waals surface area contributed by atoms with Gasteiger partial charge in [0.15, 0.2) is 0 Å². The maximum Gasteiger partial charge on any atom is 0.328 e. The summed E-state index contributed by atoms with van der Waals surface area (Å²) in [5, 5.41) is 15.2. The quantitative estimate of drug-likeness (QED) is 0.360. The zero-order valence-electron chi connectivity index (χ0n) is 21.0. The van der Waals surface area contributed by atoms with Crippen LogP contribution in [0.1, 0.15) is 29.1 Å². The predicted molar refractivity (Wildman–Crippen MR) is 136 cm³/mol. The van der Waals surface area contributed by atoms with Gasteiger partial charge in [-0.25, -0.2) is 14.3 Å². The molecule has 2 amide bonds. The third kappa shape index (κ3) is 7.00. The first kappa shape index (κ1) is 27.5. The lowest BCUT2D eigenvalue weighted by Gasteiger charge is -2.20. The summed E-state index contributed by atoms with van der Waals surface area (Å²) >= 11 is 1.27. The van der Waals surface area contributed by atoms with Crippen LogP contribution in [0.25, 0.3) is 11.3 Å². The van der Waals surface area contributed by atoms with Gasteiger partial charge in [0, 0.05) is 12.0 Å². The molecular formula is C25H29N5O6S. The third-order valence-electron chi connectivity index (χ3n) is 5.60. The van der Waals surface area contributed by atoms with Crippen molar-refractivity contribution >= 4 is 35.1 Å². The van der Waals surface area contributed by atoms with Crippen molar-refractivity contribution in [3.05, 3.63) is 58.4 Å². The predicted octanol–water partition coefficient (Wildman–Crippen LogP) is 1.83. The van der Waals surface area contributed by atoms with Crippen molar-refractivity contribution in [1.29, 1.82) is 0 Å². The van der Waals surface area contributed by atoms with Gasteiger partial charge in [-0.15, -0.1) is 16.4 Å². The number of nitrogens with one attached hydrogen (secondary N) is 2. The van der Waals surface area contributed by atoms with Gasteiger partial charge in [-0.3, -0.25) is 9.59 Å². The summed E-state index contributed by atoms with van der Waals surface area (Å²) in [5.74, 6) is -2.12. The Balaban J connectivity index is 1.82. The Labute approximate surface area is 218 Å². The monoisotopic (exact) mass is 527 g/mol. The van der Waals surface area contributed by atoms with Crippen LogP contribution in [0.15, 0.2) is 48.0 Å². The summed E-state index contributed by atoms with van der Waals surface area (Å²) in [5.41, 5.74) is 1.91. The molecular weight excluding hydrogens is 498 g/mol. The standard InChI is InChI=1S/C25H29N5O6S/c1-15(2)22(25(34)36-4)28-21(31)14-30-19(13-26-29-30)17-9-6-5-8-16(17)12-18(24(33)35-3)27-23(32)20-10-7-11-37-20/h5-11,13,15,18,22H,12,14H2,1-4H3,(H,27,32)(H,28,31)/t18-,22-/m0/s1. The van der Waals surface area contributed by atoms with Gasteiger partial charge in [-0.1, -0.05) is 49.4 Å². The first-order valence-electron chi connectivity index (χ1n) is 11.5. The summed E-state index contributed by atoms with van der Waals surface area (Å²) in [7, 11) is 2.52. The first-order valence-corrected chi connectivity index (χ1v) is 12.4. The molecule has 0 aliphatic heterocycles. The fraction of sp³-hybridized carbons (Fsp3) is 0.360. The van der Waals surface area contributed by atoms with Gasteiger partial charge in [-0.05, 0) is 22.9 Å². The molecule has 0 saturated carbocycles. The van der Waals surface area contributed by atoms with E-state index in [0.29, 0.717) is 21.7 Å². The summed E-state index contributed by atoms with van der Waals surface area (Å²) in [4.78, 5) is 50.4. The number of carbonyl (C=O) groups excluding carboxylic acids is 4. The number of thiophene rings is 1.